The van der Waals surface area contributed by atoms with E-state index in [2.05, 4.69) is 48.4 Å². The van der Waals surface area contributed by atoms with Crippen molar-refractivity contribution in [2.45, 2.75) is 51.9 Å². The fourth-order valence-corrected chi connectivity index (χ4v) is 3.73. The molecule has 0 bridgehead atoms. The fourth-order valence-electron chi connectivity index (χ4n) is 3.73. The maximum absolute atomic E-state index is 12.6. The normalized spacial score (nSPS) is 21.6. The smallest absolute Gasteiger partial charge is 0.319 e. The Morgan fingerprint density at radius 1 is 1.07 bits per heavy atom. The number of nitrogens with one attached hydrogen (secondary N) is 2. The molecule has 28 heavy (non-hydrogen) atoms. The molecule has 1 aliphatic heterocycles. The largest absolute Gasteiger partial charge is 0.372 e. The topological polar surface area (TPSA) is 53.6 Å². The monoisotopic (exact) mass is 381 g/mol. The van der Waals surface area contributed by atoms with E-state index >= 15 is 0 Å². The van der Waals surface area contributed by atoms with Crippen molar-refractivity contribution in [2.75, 3.05) is 23.3 Å². The number of hydrogen-bond acceptors (Lipinski definition) is 3. The molecule has 0 radical (unpaired) electrons. The molecule has 2 aromatic carbocycles. The van der Waals surface area contributed by atoms with Crippen LogP contribution in [0, 0.1) is 0 Å². The quantitative estimate of drug-likeness (QED) is 0.786. The molecule has 0 aromatic heterocycles. The van der Waals surface area contributed by atoms with Gasteiger partial charge in [0, 0.05) is 24.5 Å². The number of benzene rings is 2. The first-order chi connectivity index (χ1) is 13.4. The van der Waals surface area contributed by atoms with Crippen LogP contribution in [0.5, 0.6) is 0 Å². The van der Waals surface area contributed by atoms with E-state index in [9.17, 15) is 4.79 Å². The molecule has 0 saturated carbocycles. The molecule has 2 N–H and O–H groups in total. The van der Waals surface area contributed by atoms with Crippen LogP contribution in [-0.4, -0.2) is 31.3 Å². The Bertz CT molecular complexity index is 768. The summed E-state index contributed by atoms with van der Waals surface area (Å²) >= 11 is 0. The summed E-state index contributed by atoms with van der Waals surface area (Å²) in [6, 6.07) is 17.9. The van der Waals surface area contributed by atoms with Gasteiger partial charge >= 0.3 is 6.03 Å². The predicted octanol–water partition coefficient (Wildman–Crippen LogP) is 4.75. The summed E-state index contributed by atoms with van der Waals surface area (Å²) in [4.78, 5) is 14.9. The number of hydrogen-bond donors (Lipinski definition) is 2. The number of carbonyl (C=O) groups excluding carboxylic acids is 1. The number of rotatable bonds is 5. The minimum absolute atomic E-state index is 0.199. The van der Waals surface area contributed by atoms with Gasteiger partial charge < -0.3 is 20.3 Å². The van der Waals surface area contributed by atoms with Gasteiger partial charge in [0.25, 0.3) is 0 Å². The first kappa shape index (κ1) is 20.2. The molecule has 0 spiro atoms. The molecule has 3 rings (SSSR count). The predicted molar refractivity (Wildman–Crippen MR) is 115 cm³/mol. The summed E-state index contributed by atoms with van der Waals surface area (Å²) in [6.07, 6.45) is 1.24. The molecule has 0 aliphatic carbocycles. The summed E-state index contributed by atoms with van der Waals surface area (Å²) in [5.74, 6) is 0. The van der Waals surface area contributed by atoms with Crippen LogP contribution < -0.4 is 15.5 Å². The van der Waals surface area contributed by atoms with Crippen LogP contribution in [-0.2, 0) is 10.3 Å². The van der Waals surface area contributed by atoms with Crippen LogP contribution in [0.3, 0.4) is 0 Å². The van der Waals surface area contributed by atoms with Crippen LogP contribution in [0.15, 0.2) is 54.6 Å². The maximum atomic E-state index is 12.6. The van der Waals surface area contributed by atoms with Gasteiger partial charge in [-0.1, -0.05) is 37.3 Å². The number of amides is 2. The molecule has 1 heterocycles. The zero-order valence-electron chi connectivity index (χ0n) is 17.2. The lowest BCUT2D eigenvalue weighted by atomic mass is 9.89. The Kier molecular flexibility index (Phi) is 6.25. The lowest BCUT2D eigenvalue weighted by Gasteiger charge is -2.37. The number of anilines is 2. The second-order valence-electron chi connectivity index (χ2n) is 7.84. The minimum Gasteiger partial charge on any atom is -0.372 e. The van der Waals surface area contributed by atoms with Crippen LogP contribution in [0.4, 0.5) is 16.2 Å². The van der Waals surface area contributed by atoms with Gasteiger partial charge in [-0.05, 0) is 57.0 Å². The average Bonchev–Trinajstić information content (AvgIpc) is 2.68. The molecule has 2 aromatic rings. The molecule has 5 nitrogen and oxygen atoms in total. The van der Waals surface area contributed by atoms with Crippen molar-refractivity contribution in [3.8, 4) is 0 Å². The van der Waals surface area contributed by atoms with E-state index in [0.29, 0.717) is 0 Å². The standard InChI is InChI=1S/C23H31N3O2/c1-5-23(4,19-9-7-6-8-10-19)25-22(27)24-20-11-13-21(14-12-20)26-15-17(2)28-18(3)16-26/h6-14,17-18H,5,15-16H2,1-4H3,(H2,24,25,27). The Balaban J connectivity index is 1.63. The van der Waals surface area contributed by atoms with Crippen molar-refractivity contribution < 1.29 is 9.53 Å². The van der Waals surface area contributed by atoms with E-state index in [1.807, 2.05) is 49.4 Å². The first-order valence-electron chi connectivity index (χ1n) is 10.0. The van der Waals surface area contributed by atoms with E-state index in [-0.39, 0.29) is 18.2 Å². The highest BCUT2D eigenvalue weighted by Gasteiger charge is 2.26. The molecule has 3 unspecified atom stereocenters. The summed E-state index contributed by atoms with van der Waals surface area (Å²) in [7, 11) is 0. The molecule has 2 amide bonds. The highest BCUT2D eigenvalue weighted by molar-refractivity contribution is 5.90. The van der Waals surface area contributed by atoms with E-state index in [1.165, 1.54) is 0 Å². The summed E-state index contributed by atoms with van der Waals surface area (Å²) < 4.78 is 5.80. The third-order valence-electron chi connectivity index (χ3n) is 5.42. The van der Waals surface area contributed by atoms with Gasteiger partial charge in [0.2, 0.25) is 0 Å². The van der Waals surface area contributed by atoms with E-state index in [1.54, 1.807) is 0 Å². The molecular weight excluding hydrogens is 350 g/mol. The third-order valence-corrected chi connectivity index (χ3v) is 5.42. The van der Waals surface area contributed by atoms with Crippen molar-refractivity contribution in [1.82, 2.24) is 5.32 Å². The second kappa shape index (κ2) is 8.65. The highest BCUT2D eigenvalue weighted by atomic mass is 16.5. The lowest BCUT2D eigenvalue weighted by molar-refractivity contribution is -0.00521. The zero-order chi connectivity index (χ0) is 20.1. The van der Waals surface area contributed by atoms with Crippen LogP contribution in [0.2, 0.25) is 0 Å². The third kappa shape index (κ3) is 4.84. The zero-order valence-corrected chi connectivity index (χ0v) is 17.2. The summed E-state index contributed by atoms with van der Waals surface area (Å²) in [5, 5.41) is 6.08. The maximum Gasteiger partial charge on any atom is 0.319 e. The van der Waals surface area contributed by atoms with E-state index in [4.69, 9.17) is 4.74 Å². The van der Waals surface area contributed by atoms with Crippen molar-refractivity contribution in [3.05, 3.63) is 60.2 Å². The van der Waals surface area contributed by atoms with E-state index < -0.39 is 5.54 Å². The fraction of sp³-hybridized carbons (Fsp3) is 0.435. The number of morpholine rings is 1. The Hall–Kier alpha value is -2.53. The van der Waals surface area contributed by atoms with Gasteiger partial charge in [0.1, 0.15) is 0 Å². The summed E-state index contributed by atoms with van der Waals surface area (Å²) in [5.41, 5.74) is 2.61. The van der Waals surface area contributed by atoms with Crippen LogP contribution >= 0.6 is 0 Å². The van der Waals surface area contributed by atoms with Crippen LogP contribution in [0.25, 0.3) is 0 Å². The molecule has 3 atom stereocenters. The van der Waals surface area contributed by atoms with Crippen molar-refractivity contribution in [3.63, 3.8) is 0 Å². The molecule has 5 heteroatoms. The van der Waals surface area contributed by atoms with Gasteiger partial charge in [-0.25, -0.2) is 4.79 Å². The lowest BCUT2D eigenvalue weighted by Crippen LogP contribution is -2.45. The number of ether oxygens (including phenoxy) is 1. The number of nitrogens with zero attached hydrogens (tertiary/aromatic N) is 1. The van der Waals surface area contributed by atoms with E-state index in [0.717, 1.165) is 36.4 Å². The van der Waals surface area contributed by atoms with Crippen molar-refractivity contribution in [1.29, 1.82) is 0 Å². The van der Waals surface area contributed by atoms with Crippen LogP contribution in [0.1, 0.15) is 39.7 Å². The minimum atomic E-state index is -0.411. The molecule has 1 aliphatic rings. The number of carbonyl (C=O) groups is 1. The van der Waals surface area contributed by atoms with Gasteiger partial charge in [0.05, 0.1) is 17.7 Å². The average molecular weight is 382 g/mol. The molecule has 150 valence electrons. The Labute approximate surface area is 168 Å². The van der Waals surface area contributed by atoms with Gasteiger partial charge in [0.15, 0.2) is 0 Å². The first-order valence-corrected chi connectivity index (χ1v) is 10.0. The Morgan fingerprint density at radius 3 is 2.25 bits per heavy atom. The molecular formula is C23H31N3O2. The van der Waals surface area contributed by atoms with Crippen molar-refractivity contribution >= 4 is 17.4 Å². The Morgan fingerprint density at radius 2 is 1.68 bits per heavy atom. The second-order valence-corrected chi connectivity index (χ2v) is 7.84. The summed E-state index contributed by atoms with van der Waals surface area (Å²) in [6.45, 7) is 10.1. The SMILES string of the molecule is CCC(C)(NC(=O)Nc1ccc(N2CC(C)OC(C)C2)cc1)c1ccccc1. The van der Waals surface area contributed by atoms with Gasteiger partial charge in [-0.3, -0.25) is 0 Å². The molecule has 1 saturated heterocycles. The van der Waals surface area contributed by atoms with Gasteiger partial charge in [-0.2, -0.15) is 0 Å². The molecule has 1 fully saturated rings. The van der Waals surface area contributed by atoms with Gasteiger partial charge in [-0.15, -0.1) is 0 Å². The van der Waals surface area contributed by atoms with Crippen molar-refractivity contribution in [2.24, 2.45) is 0 Å². The number of urea groups is 1. The highest BCUT2D eigenvalue weighted by Crippen LogP contribution is 2.25.